The normalized spacial score (nSPS) is 9.79. The standard InChI is InChI=1S/C17H16N4O2S/c1-13-2-4-15(5-3-13)23-11-16-20-14(12-24-16)10-17(22)21(8-6-18)9-7-19/h2-5,12H,8-11H2,1H3. The molecule has 1 aromatic carbocycles. The summed E-state index contributed by atoms with van der Waals surface area (Å²) in [5.41, 5.74) is 1.78. The highest BCUT2D eigenvalue weighted by atomic mass is 32.1. The van der Waals surface area contributed by atoms with E-state index in [1.54, 1.807) is 5.38 Å². The number of thiazole rings is 1. The van der Waals surface area contributed by atoms with Crippen molar-refractivity contribution < 1.29 is 9.53 Å². The maximum atomic E-state index is 12.1. The molecule has 122 valence electrons. The number of aromatic nitrogens is 1. The Bertz CT molecular complexity index is 755. The van der Waals surface area contributed by atoms with Crippen LogP contribution in [-0.2, 0) is 17.8 Å². The molecule has 2 aromatic rings. The Kier molecular flexibility index (Phi) is 6.30. The van der Waals surface area contributed by atoms with Crippen molar-refractivity contribution in [2.75, 3.05) is 13.1 Å². The lowest BCUT2D eigenvalue weighted by Gasteiger charge is -2.14. The first-order chi connectivity index (χ1) is 11.6. The molecule has 0 bridgehead atoms. The van der Waals surface area contributed by atoms with Gasteiger partial charge in [-0.25, -0.2) is 4.98 Å². The summed E-state index contributed by atoms with van der Waals surface area (Å²) >= 11 is 1.42. The predicted molar refractivity (Wildman–Crippen MR) is 89.1 cm³/mol. The number of nitrogens with zero attached hydrogens (tertiary/aromatic N) is 4. The second-order valence-corrected chi connectivity index (χ2v) is 6.02. The van der Waals surface area contributed by atoms with Crippen molar-refractivity contribution in [1.29, 1.82) is 10.5 Å². The molecule has 0 saturated carbocycles. The summed E-state index contributed by atoms with van der Waals surface area (Å²) in [6.07, 6.45) is 0.0738. The van der Waals surface area contributed by atoms with Crippen LogP contribution in [0.3, 0.4) is 0 Å². The fourth-order valence-electron chi connectivity index (χ4n) is 1.95. The molecule has 0 aliphatic carbocycles. The van der Waals surface area contributed by atoms with E-state index in [-0.39, 0.29) is 25.4 Å². The van der Waals surface area contributed by atoms with Crippen LogP contribution in [0.5, 0.6) is 5.75 Å². The third kappa shape index (κ3) is 5.08. The summed E-state index contributed by atoms with van der Waals surface area (Å²) in [7, 11) is 0. The number of hydrogen-bond donors (Lipinski definition) is 0. The maximum Gasteiger partial charge on any atom is 0.230 e. The molecule has 0 atom stereocenters. The summed E-state index contributed by atoms with van der Waals surface area (Å²) < 4.78 is 5.66. The smallest absolute Gasteiger partial charge is 0.230 e. The summed E-state index contributed by atoms with van der Waals surface area (Å²) in [6.45, 7) is 2.15. The SMILES string of the molecule is Cc1ccc(OCc2nc(CC(=O)N(CC#N)CC#N)cs2)cc1. The molecule has 0 aliphatic heterocycles. The van der Waals surface area contributed by atoms with Gasteiger partial charge in [-0.3, -0.25) is 4.79 Å². The van der Waals surface area contributed by atoms with E-state index in [4.69, 9.17) is 15.3 Å². The molecule has 0 fully saturated rings. The number of nitriles is 2. The van der Waals surface area contributed by atoms with Crippen molar-refractivity contribution in [3.63, 3.8) is 0 Å². The van der Waals surface area contributed by atoms with E-state index in [0.717, 1.165) is 16.3 Å². The fourth-order valence-corrected chi connectivity index (χ4v) is 2.65. The van der Waals surface area contributed by atoms with Gasteiger partial charge in [0.2, 0.25) is 5.91 Å². The molecular formula is C17H16N4O2S. The van der Waals surface area contributed by atoms with E-state index in [2.05, 4.69) is 4.98 Å². The van der Waals surface area contributed by atoms with Crippen LogP contribution in [0.1, 0.15) is 16.3 Å². The summed E-state index contributed by atoms with van der Waals surface area (Å²) in [4.78, 5) is 17.6. The Morgan fingerprint density at radius 2 is 1.92 bits per heavy atom. The van der Waals surface area contributed by atoms with Crippen LogP contribution in [0.4, 0.5) is 0 Å². The molecule has 2 rings (SSSR count). The summed E-state index contributed by atoms with van der Waals surface area (Å²) in [6, 6.07) is 11.5. The minimum absolute atomic E-state index is 0.0738. The van der Waals surface area contributed by atoms with E-state index in [0.29, 0.717) is 12.3 Å². The maximum absolute atomic E-state index is 12.1. The van der Waals surface area contributed by atoms with Crippen molar-refractivity contribution in [2.45, 2.75) is 20.0 Å². The van der Waals surface area contributed by atoms with Gasteiger partial charge in [0, 0.05) is 5.38 Å². The Morgan fingerprint density at radius 1 is 1.25 bits per heavy atom. The van der Waals surface area contributed by atoms with Gasteiger partial charge >= 0.3 is 0 Å². The molecular weight excluding hydrogens is 324 g/mol. The summed E-state index contributed by atoms with van der Waals surface area (Å²) in [5, 5.41) is 20.0. The Hall–Kier alpha value is -2.90. The van der Waals surface area contributed by atoms with Gasteiger partial charge in [0.1, 0.15) is 30.5 Å². The number of amides is 1. The van der Waals surface area contributed by atoms with Gasteiger partial charge in [-0.1, -0.05) is 17.7 Å². The highest BCUT2D eigenvalue weighted by molar-refractivity contribution is 7.09. The first-order valence-corrected chi connectivity index (χ1v) is 8.14. The number of rotatable bonds is 7. The van der Waals surface area contributed by atoms with Gasteiger partial charge in [0.05, 0.1) is 24.3 Å². The molecule has 7 heteroatoms. The van der Waals surface area contributed by atoms with Gasteiger partial charge in [0.25, 0.3) is 0 Å². The molecule has 6 nitrogen and oxygen atoms in total. The van der Waals surface area contributed by atoms with E-state index in [1.807, 2.05) is 43.3 Å². The molecule has 0 spiro atoms. The Morgan fingerprint density at radius 3 is 2.54 bits per heavy atom. The van der Waals surface area contributed by atoms with Crippen LogP contribution in [-0.4, -0.2) is 28.9 Å². The lowest BCUT2D eigenvalue weighted by atomic mass is 10.2. The average Bonchev–Trinajstić information content (AvgIpc) is 3.01. The number of carbonyl (C=O) groups is 1. The number of hydrogen-bond acceptors (Lipinski definition) is 6. The highest BCUT2D eigenvalue weighted by Crippen LogP contribution is 2.16. The largest absolute Gasteiger partial charge is 0.486 e. The average molecular weight is 340 g/mol. The van der Waals surface area contributed by atoms with E-state index >= 15 is 0 Å². The molecule has 1 amide bonds. The molecule has 0 aliphatic rings. The molecule has 0 radical (unpaired) electrons. The lowest BCUT2D eigenvalue weighted by Crippen LogP contribution is -2.33. The van der Waals surface area contributed by atoms with Crippen molar-refractivity contribution >= 4 is 17.2 Å². The number of aryl methyl sites for hydroxylation is 1. The molecule has 0 N–H and O–H groups in total. The minimum Gasteiger partial charge on any atom is -0.486 e. The van der Waals surface area contributed by atoms with Gasteiger partial charge in [-0.05, 0) is 19.1 Å². The van der Waals surface area contributed by atoms with Crippen LogP contribution in [0.15, 0.2) is 29.6 Å². The second-order valence-electron chi connectivity index (χ2n) is 5.08. The van der Waals surface area contributed by atoms with Crippen molar-refractivity contribution in [3.8, 4) is 17.9 Å². The first kappa shape index (κ1) is 17.5. The topological polar surface area (TPSA) is 90.0 Å². The van der Waals surface area contributed by atoms with Crippen LogP contribution in [0.2, 0.25) is 0 Å². The number of ether oxygens (including phenoxy) is 1. The minimum atomic E-state index is -0.283. The molecule has 0 saturated heterocycles. The van der Waals surface area contributed by atoms with E-state index in [9.17, 15) is 4.79 Å². The third-order valence-electron chi connectivity index (χ3n) is 3.19. The lowest BCUT2D eigenvalue weighted by molar-refractivity contribution is -0.129. The second kappa shape index (κ2) is 8.66. The highest BCUT2D eigenvalue weighted by Gasteiger charge is 2.15. The monoisotopic (exact) mass is 340 g/mol. The van der Waals surface area contributed by atoms with Crippen LogP contribution >= 0.6 is 11.3 Å². The number of benzene rings is 1. The van der Waals surface area contributed by atoms with Gasteiger partial charge in [0.15, 0.2) is 0 Å². The Labute approximate surface area is 144 Å². The van der Waals surface area contributed by atoms with E-state index in [1.165, 1.54) is 16.2 Å². The molecule has 1 heterocycles. The quantitative estimate of drug-likeness (QED) is 0.722. The Balaban J connectivity index is 1.90. The van der Waals surface area contributed by atoms with Gasteiger partial charge in [-0.15, -0.1) is 11.3 Å². The van der Waals surface area contributed by atoms with Crippen LogP contribution in [0, 0.1) is 29.6 Å². The van der Waals surface area contributed by atoms with Crippen LogP contribution < -0.4 is 4.74 Å². The van der Waals surface area contributed by atoms with Gasteiger partial charge in [-0.2, -0.15) is 10.5 Å². The third-order valence-corrected chi connectivity index (χ3v) is 4.06. The molecule has 24 heavy (non-hydrogen) atoms. The zero-order chi connectivity index (χ0) is 17.4. The van der Waals surface area contributed by atoms with Crippen molar-refractivity contribution in [3.05, 3.63) is 45.9 Å². The molecule has 1 aromatic heterocycles. The van der Waals surface area contributed by atoms with Crippen molar-refractivity contribution in [2.24, 2.45) is 0 Å². The van der Waals surface area contributed by atoms with Gasteiger partial charge < -0.3 is 9.64 Å². The van der Waals surface area contributed by atoms with E-state index < -0.39 is 0 Å². The zero-order valence-corrected chi connectivity index (χ0v) is 14.0. The van der Waals surface area contributed by atoms with Crippen LogP contribution in [0.25, 0.3) is 0 Å². The van der Waals surface area contributed by atoms with Crippen molar-refractivity contribution in [1.82, 2.24) is 9.88 Å². The first-order valence-electron chi connectivity index (χ1n) is 7.27. The zero-order valence-electron chi connectivity index (χ0n) is 13.2. The predicted octanol–water partition coefficient (Wildman–Crippen LogP) is 2.45. The number of carbonyl (C=O) groups excluding carboxylic acids is 1. The fraction of sp³-hybridized carbons (Fsp3) is 0.294. The summed E-state index contributed by atoms with van der Waals surface area (Å²) in [5.74, 6) is 0.483. The molecule has 0 unspecified atom stereocenters.